The number of carbonyl (C=O) groups is 1. The van der Waals surface area contributed by atoms with E-state index in [4.69, 9.17) is 0 Å². The summed E-state index contributed by atoms with van der Waals surface area (Å²) in [5, 5.41) is 9.69. The van der Waals surface area contributed by atoms with Crippen LogP contribution in [0.2, 0.25) is 0 Å². The van der Waals surface area contributed by atoms with Crippen molar-refractivity contribution in [2.24, 2.45) is 5.92 Å². The highest BCUT2D eigenvalue weighted by molar-refractivity contribution is 7.89. The molecule has 1 aromatic carbocycles. The Morgan fingerprint density at radius 3 is 2.75 bits per heavy atom. The Balaban J connectivity index is 2.10. The summed E-state index contributed by atoms with van der Waals surface area (Å²) < 4.78 is 26.8. The smallest absolute Gasteiger partial charge is 0.240 e. The zero-order chi connectivity index (χ0) is 14.8. The van der Waals surface area contributed by atoms with Crippen LogP contribution in [0.1, 0.15) is 36.5 Å². The minimum atomic E-state index is -3.64. The molecular formula is C14H19NO4S. The van der Waals surface area contributed by atoms with Crippen molar-refractivity contribution in [2.75, 3.05) is 6.54 Å². The first-order valence-corrected chi connectivity index (χ1v) is 8.17. The number of hydrogen-bond acceptors (Lipinski definition) is 4. The van der Waals surface area contributed by atoms with Gasteiger partial charge in [-0.05, 0) is 37.8 Å². The number of carbonyl (C=O) groups excluding carboxylic acids is 1. The first-order valence-electron chi connectivity index (χ1n) is 6.69. The van der Waals surface area contributed by atoms with E-state index in [2.05, 4.69) is 4.72 Å². The predicted molar refractivity (Wildman–Crippen MR) is 75.0 cm³/mol. The normalized spacial score (nSPS) is 22.9. The zero-order valence-electron chi connectivity index (χ0n) is 11.4. The number of Topliss-reactive ketones (excluding diaryl/α,β-unsaturated/α-hetero) is 1. The number of aliphatic hydroxyl groups excluding tert-OH is 1. The molecule has 2 atom stereocenters. The van der Waals surface area contributed by atoms with E-state index in [0.717, 1.165) is 19.3 Å². The highest BCUT2D eigenvalue weighted by Gasteiger charge is 2.27. The van der Waals surface area contributed by atoms with Crippen LogP contribution in [0.15, 0.2) is 29.2 Å². The minimum Gasteiger partial charge on any atom is -0.393 e. The van der Waals surface area contributed by atoms with Gasteiger partial charge in [-0.2, -0.15) is 0 Å². The highest BCUT2D eigenvalue weighted by atomic mass is 32.2. The van der Waals surface area contributed by atoms with Gasteiger partial charge in [-0.25, -0.2) is 13.1 Å². The van der Waals surface area contributed by atoms with Gasteiger partial charge in [0.25, 0.3) is 0 Å². The molecule has 0 spiro atoms. The zero-order valence-corrected chi connectivity index (χ0v) is 12.2. The first kappa shape index (κ1) is 15.2. The van der Waals surface area contributed by atoms with E-state index >= 15 is 0 Å². The van der Waals surface area contributed by atoms with Crippen LogP contribution in [0.4, 0.5) is 0 Å². The van der Waals surface area contributed by atoms with E-state index in [-0.39, 0.29) is 23.1 Å². The molecule has 0 radical (unpaired) electrons. The van der Waals surface area contributed by atoms with Crippen molar-refractivity contribution in [3.05, 3.63) is 29.8 Å². The molecule has 0 heterocycles. The van der Waals surface area contributed by atoms with Gasteiger partial charge in [-0.1, -0.05) is 18.6 Å². The first-order chi connectivity index (χ1) is 9.40. The molecule has 0 bridgehead atoms. The Labute approximate surface area is 119 Å². The van der Waals surface area contributed by atoms with Gasteiger partial charge in [0.15, 0.2) is 5.78 Å². The van der Waals surface area contributed by atoms with Crippen molar-refractivity contribution in [3.63, 3.8) is 0 Å². The van der Waals surface area contributed by atoms with Crippen molar-refractivity contribution in [2.45, 2.75) is 37.2 Å². The SMILES string of the molecule is CC(=O)c1cccc(S(=O)(=O)NCC2CCCC2O)c1. The number of ketones is 1. The van der Waals surface area contributed by atoms with Crippen LogP contribution in [0, 0.1) is 5.92 Å². The predicted octanol–water partition coefficient (Wildman–Crippen LogP) is 1.33. The van der Waals surface area contributed by atoms with Crippen LogP contribution in [0.5, 0.6) is 0 Å². The lowest BCUT2D eigenvalue weighted by molar-refractivity contribution is 0.101. The van der Waals surface area contributed by atoms with Crippen LogP contribution >= 0.6 is 0 Å². The molecule has 0 saturated heterocycles. The van der Waals surface area contributed by atoms with Gasteiger partial charge >= 0.3 is 0 Å². The molecule has 1 aromatic rings. The maximum absolute atomic E-state index is 12.2. The number of aliphatic hydroxyl groups is 1. The molecule has 1 aliphatic rings. The largest absolute Gasteiger partial charge is 0.393 e. The summed E-state index contributed by atoms with van der Waals surface area (Å²) in [5.41, 5.74) is 0.369. The van der Waals surface area contributed by atoms with E-state index in [1.807, 2.05) is 0 Å². The quantitative estimate of drug-likeness (QED) is 0.803. The fourth-order valence-electron chi connectivity index (χ4n) is 2.44. The van der Waals surface area contributed by atoms with Crippen LogP contribution in [-0.2, 0) is 10.0 Å². The molecule has 0 aromatic heterocycles. The van der Waals surface area contributed by atoms with E-state index in [9.17, 15) is 18.3 Å². The van der Waals surface area contributed by atoms with Crippen molar-refractivity contribution in [3.8, 4) is 0 Å². The van der Waals surface area contributed by atoms with Crippen LogP contribution < -0.4 is 4.72 Å². The second kappa shape index (κ2) is 6.03. The molecule has 2 N–H and O–H groups in total. The van der Waals surface area contributed by atoms with E-state index in [1.54, 1.807) is 12.1 Å². The molecule has 110 valence electrons. The van der Waals surface area contributed by atoms with E-state index in [0.29, 0.717) is 5.56 Å². The Morgan fingerprint density at radius 1 is 1.40 bits per heavy atom. The molecule has 5 nitrogen and oxygen atoms in total. The molecule has 2 unspecified atom stereocenters. The van der Waals surface area contributed by atoms with Gasteiger partial charge in [-0.3, -0.25) is 4.79 Å². The molecule has 0 amide bonds. The maximum atomic E-state index is 12.2. The Bertz CT molecular complexity index is 597. The summed E-state index contributed by atoms with van der Waals surface area (Å²) in [4.78, 5) is 11.4. The van der Waals surface area contributed by atoms with Crippen molar-refractivity contribution in [1.82, 2.24) is 4.72 Å². The van der Waals surface area contributed by atoms with Gasteiger partial charge in [0.05, 0.1) is 11.0 Å². The summed E-state index contributed by atoms with van der Waals surface area (Å²) >= 11 is 0. The number of hydrogen-bond donors (Lipinski definition) is 2. The topological polar surface area (TPSA) is 83.5 Å². The van der Waals surface area contributed by atoms with Gasteiger partial charge in [-0.15, -0.1) is 0 Å². The van der Waals surface area contributed by atoms with Gasteiger partial charge < -0.3 is 5.11 Å². The summed E-state index contributed by atoms with van der Waals surface area (Å²) in [6.45, 7) is 1.63. The lowest BCUT2D eigenvalue weighted by Crippen LogP contribution is -2.32. The van der Waals surface area contributed by atoms with Gasteiger partial charge in [0, 0.05) is 12.1 Å². The van der Waals surface area contributed by atoms with Crippen molar-refractivity contribution in [1.29, 1.82) is 0 Å². The standard InChI is InChI=1S/C14H19NO4S/c1-10(16)11-4-2-6-13(8-11)20(18,19)15-9-12-5-3-7-14(12)17/h2,4,6,8,12,14-15,17H,3,5,7,9H2,1H3. The molecule has 1 saturated carbocycles. The van der Waals surface area contributed by atoms with Crippen LogP contribution in [-0.4, -0.2) is 32.0 Å². The molecule has 1 aliphatic carbocycles. The lowest BCUT2D eigenvalue weighted by atomic mass is 10.1. The monoisotopic (exact) mass is 297 g/mol. The second-order valence-electron chi connectivity index (χ2n) is 5.19. The average molecular weight is 297 g/mol. The maximum Gasteiger partial charge on any atom is 0.240 e. The minimum absolute atomic E-state index is 0.0271. The average Bonchev–Trinajstić information content (AvgIpc) is 2.82. The summed E-state index contributed by atoms with van der Waals surface area (Å²) in [5.74, 6) is -0.200. The van der Waals surface area contributed by atoms with Gasteiger partial charge in [0.1, 0.15) is 0 Å². The van der Waals surface area contributed by atoms with Crippen LogP contribution in [0.25, 0.3) is 0 Å². The Morgan fingerprint density at radius 2 is 2.15 bits per heavy atom. The molecule has 2 rings (SSSR count). The van der Waals surface area contributed by atoms with Crippen molar-refractivity contribution >= 4 is 15.8 Å². The molecular weight excluding hydrogens is 278 g/mol. The van der Waals surface area contributed by atoms with Crippen molar-refractivity contribution < 1.29 is 18.3 Å². The lowest BCUT2D eigenvalue weighted by Gasteiger charge is -2.15. The second-order valence-corrected chi connectivity index (χ2v) is 6.96. The molecule has 0 aliphatic heterocycles. The van der Waals surface area contributed by atoms with E-state index in [1.165, 1.54) is 19.1 Å². The van der Waals surface area contributed by atoms with Gasteiger partial charge in [0.2, 0.25) is 10.0 Å². The van der Waals surface area contributed by atoms with E-state index < -0.39 is 16.1 Å². The number of benzene rings is 1. The summed E-state index contributed by atoms with van der Waals surface area (Å²) in [7, 11) is -3.64. The fraction of sp³-hybridized carbons (Fsp3) is 0.500. The third-order valence-electron chi connectivity index (χ3n) is 3.71. The molecule has 6 heteroatoms. The number of sulfonamides is 1. The number of nitrogens with one attached hydrogen (secondary N) is 1. The fourth-order valence-corrected chi connectivity index (χ4v) is 3.58. The van der Waals surface area contributed by atoms with Crippen LogP contribution in [0.3, 0.4) is 0 Å². The third-order valence-corrected chi connectivity index (χ3v) is 5.13. The Hall–Kier alpha value is -1.24. The third kappa shape index (κ3) is 3.45. The summed E-state index contributed by atoms with van der Waals surface area (Å²) in [6, 6.07) is 5.97. The highest BCUT2D eigenvalue weighted by Crippen LogP contribution is 2.25. The summed E-state index contributed by atoms with van der Waals surface area (Å²) in [6.07, 6.45) is 2.05. The number of rotatable bonds is 5. The molecule has 20 heavy (non-hydrogen) atoms. The molecule has 1 fully saturated rings. The Kier molecular flexibility index (Phi) is 4.57.